The summed E-state index contributed by atoms with van der Waals surface area (Å²) in [5, 5.41) is 11.7. The maximum Gasteiger partial charge on any atom is 0.306 e. The normalized spacial score (nSPS) is 22.3. The van der Waals surface area contributed by atoms with Gasteiger partial charge in [-0.2, -0.15) is 0 Å². The molecule has 4 aliphatic rings. The van der Waals surface area contributed by atoms with Crippen molar-refractivity contribution in [2.24, 2.45) is 34.5 Å². The summed E-state index contributed by atoms with van der Waals surface area (Å²) in [6.45, 7) is 10.3. The van der Waals surface area contributed by atoms with Crippen molar-refractivity contribution in [3.8, 4) is 0 Å². The molecular formula is C80H130O13. The number of Topliss-reactive ketones (excluding diaryl/α,β-unsaturated/α-hetero) is 1. The van der Waals surface area contributed by atoms with E-state index in [1.807, 2.05) is 6.08 Å². The number of aliphatic hydroxyl groups is 1. The van der Waals surface area contributed by atoms with Crippen molar-refractivity contribution in [3.63, 3.8) is 0 Å². The van der Waals surface area contributed by atoms with E-state index in [4.69, 9.17) is 23.7 Å². The molecule has 0 aromatic rings. The predicted molar refractivity (Wildman–Crippen MR) is 373 cm³/mol. The van der Waals surface area contributed by atoms with Crippen molar-refractivity contribution >= 4 is 41.4 Å². The van der Waals surface area contributed by atoms with E-state index in [2.05, 4.69) is 71.1 Å². The van der Waals surface area contributed by atoms with Crippen molar-refractivity contribution in [2.45, 2.75) is 348 Å². The van der Waals surface area contributed by atoms with Gasteiger partial charge in [-0.1, -0.05) is 211 Å². The van der Waals surface area contributed by atoms with Gasteiger partial charge in [-0.25, -0.2) is 0 Å². The Kier molecular flexibility index (Phi) is 42.5. The van der Waals surface area contributed by atoms with Gasteiger partial charge in [-0.3, -0.25) is 33.6 Å². The van der Waals surface area contributed by atoms with E-state index in [0.29, 0.717) is 38.5 Å². The molecule has 4 rings (SSSR count). The first-order valence-corrected chi connectivity index (χ1v) is 38.1. The quantitative estimate of drug-likeness (QED) is 0.0263. The number of carbonyl (C=O) groups excluding carboxylic acids is 7. The van der Waals surface area contributed by atoms with Crippen LogP contribution < -0.4 is 0 Å². The maximum absolute atomic E-state index is 13.8. The Hall–Kier alpha value is -4.65. The van der Waals surface area contributed by atoms with Crippen LogP contribution in [-0.4, -0.2) is 84.7 Å². The van der Waals surface area contributed by atoms with Crippen molar-refractivity contribution in [1.29, 1.82) is 0 Å². The zero-order valence-electron chi connectivity index (χ0n) is 59.2. The van der Waals surface area contributed by atoms with Gasteiger partial charge in [-0.15, -0.1) is 0 Å². The number of fused-ring (bicyclic) bond motifs is 5. The molecule has 3 saturated carbocycles. The van der Waals surface area contributed by atoms with Crippen molar-refractivity contribution in [2.75, 3.05) is 19.8 Å². The van der Waals surface area contributed by atoms with Gasteiger partial charge in [0.2, 0.25) is 0 Å². The number of ether oxygens (including phenoxy) is 5. The lowest BCUT2D eigenvalue weighted by Crippen LogP contribution is -2.56. The van der Waals surface area contributed by atoms with E-state index in [1.54, 1.807) is 12.2 Å². The van der Waals surface area contributed by atoms with E-state index in [1.165, 1.54) is 77.0 Å². The highest BCUT2D eigenvalue weighted by Crippen LogP contribution is 2.66. The third-order valence-corrected chi connectivity index (χ3v) is 20.7. The van der Waals surface area contributed by atoms with Gasteiger partial charge >= 0.3 is 29.8 Å². The number of rotatable bonds is 55. The highest BCUT2D eigenvalue weighted by Gasteiger charge is 2.62. The highest BCUT2D eigenvalue weighted by atomic mass is 16.6. The van der Waals surface area contributed by atoms with E-state index >= 15 is 0 Å². The average molecular weight is 1300 g/mol. The van der Waals surface area contributed by atoms with Gasteiger partial charge in [0.05, 0.1) is 18.9 Å². The summed E-state index contributed by atoms with van der Waals surface area (Å²) in [5.41, 5.74) is 0.315. The zero-order valence-corrected chi connectivity index (χ0v) is 59.2. The SMILES string of the molecule is CCCCCCC/C=C\CCCCCCC(=O)OC(COC(=O)CCCCCCC/C=C\CCCCCCCC)COC(=O)CCCCCCC/C=C\CC(CCCCCC)OC(=O)CCC(=O)OCC(=O)C1CCC2C3CCC4=CC(=O)C=CC4(C)C3C(O)CC12C. The summed E-state index contributed by atoms with van der Waals surface area (Å²) in [6, 6.07) is 0. The van der Waals surface area contributed by atoms with Crippen LogP contribution in [0.3, 0.4) is 0 Å². The van der Waals surface area contributed by atoms with Gasteiger partial charge in [0.15, 0.2) is 17.7 Å². The standard InChI is InChI=1S/C80H130O13/c1-6-9-12-15-17-19-21-23-24-26-27-29-34-38-43-48-73(84)89-61-67(93-76(87)50-45-40-36-30-28-25-22-20-18-16-13-10-7-2)62-90-74(85)49-44-39-35-32-31-33-37-42-47-66(46-41-14-11-8-3)92-77(88)56-55-75(86)91-63-72(83)70-54-53-69-68-52-51-64-59-65(81)57-58-79(64,4)78(68)71(82)60-80(69,70)5/h22-25,37,42,57-59,66-71,78,82H,6-21,26-36,38-41,43-56,60-63H2,1-5H3/b24-23-,25-22-,42-37-. The molecule has 0 radical (unpaired) electrons. The molecule has 13 heteroatoms. The van der Waals surface area contributed by atoms with Crippen LogP contribution >= 0.6 is 0 Å². The van der Waals surface area contributed by atoms with Crippen LogP contribution in [0.15, 0.2) is 60.3 Å². The lowest BCUT2D eigenvalue weighted by molar-refractivity contribution is -0.167. The van der Waals surface area contributed by atoms with E-state index in [9.17, 15) is 38.7 Å². The molecule has 1 N–H and O–H groups in total. The average Bonchev–Trinajstić information content (AvgIpc) is 1.69. The smallest absolute Gasteiger partial charge is 0.306 e. The predicted octanol–water partition coefficient (Wildman–Crippen LogP) is 19.6. The zero-order chi connectivity index (χ0) is 67.2. The number of hydrogen-bond donors (Lipinski definition) is 1. The van der Waals surface area contributed by atoms with Gasteiger partial charge < -0.3 is 28.8 Å². The minimum Gasteiger partial charge on any atom is -0.462 e. The number of unbranched alkanes of at least 4 members (excludes halogenated alkanes) is 28. The minimum atomic E-state index is -0.855. The van der Waals surface area contributed by atoms with Crippen LogP contribution in [0.2, 0.25) is 0 Å². The summed E-state index contributed by atoms with van der Waals surface area (Å²) in [4.78, 5) is 90.6. The second-order valence-corrected chi connectivity index (χ2v) is 28.5. The highest BCUT2D eigenvalue weighted by molar-refractivity contribution is 6.01. The van der Waals surface area contributed by atoms with Crippen LogP contribution in [0, 0.1) is 34.5 Å². The number of carbonyl (C=O) groups is 7. The molecule has 0 aromatic carbocycles. The van der Waals surface area contributed by atoms with Crippen LogP contribution in [0.5, 0.6) is 0 Å². The molecule has 0 amide bonds. The molecular weight excluding hydrogens is 1170 g/mol. The molecule has 0 bridgehead atoms. The first-order chi connectivity index (χ1) is 45.1. The van der Waals surface area contributed by atoms with Crippen molar-refractivity contribution < 1.29 is 62.4 Å². The van der Waals surface area contributed by atoms with E-state index in [0.717, 1.165) is 160 Å². The molecule has 9 atom stereocenters. The number of aliphatic hydroxyl groups excluding tert-OH is 1. The molecule has 4 aliphatic carbocycles. The Morgan fingerprint density at radius 2 is 0.935 bits per heavy atom. The second-order valence-electron chi connectivity index (χ2n) is 28.5. The second kappa shape index (κ2) is 48.9. The third kappa shape index (κ3) is 32.8. The number of ketones is 2. The third-order valence-electron chi connectivity index (χ3n) is 20.7. The maximum atomic E-state index is 13.8. The lowest BCUT2D eigenvalue weighted by atomic mass is 9.46. The van der Waals surface area contributed by atoms with Crippen LogP contribution in [-0.2, 0) is 57.2 Å². The number of esters is 5. The largest absolute Gasteiger partial charge is 0.462 e. The molecule has 0 saturated heterocycles. The minimum absolute atomic E-state index is 0.00394. The topological polar surface area (TPSA) is 186 Å². The van der Waals surface area contributed by atoms with E-state index in [-0.39, 0.29) is 110 Å². The molecule has 0 aromatic heterocycles. The molecule has 528 valence electrons. The number of hydrogen-bond acceptors (Lipinski definition) is 13. The van der Waals surface area contributed by atoms with Gasteiger partial charge in [0.25, 0.3) is 0 Å². The van der Waals surface area contributed by atoms with Gasteiger partial charge in [-0.05, 0) is 158 Å². The molecule has 13 nitrogen and oxygen atoms in total. The molecule has 3 fully saturated rings. The summed E-state index contributed by atoms with van der Waals surface area (Å²) < 4.78 is 28.3. The summed E-state index contributed by atoms with van der Waals surface area (Å²) in [6.07, 6.45) is 60.0. The van der Waals surface area contributed by atoms with Gasteiger partial charge in [0.1, 0.15) is 25.9 Å². The van der Waals surface area contributed by atoms with Gasteiger partial charge in [0, 0.05) is 42.9 Å². The molecule has 9 unspecified atom stereocenters. The Labute approximate surface area is 564 Å². The molecule has 0 aliphatic heterocycles. The van der Waals surface area contributed by atoms with Crippen molar-refractivity contribution in [3.05, 3.63) is 60.3 Å². The number of allylic oxidation sites excluding steroid dienone is 9. The molecule has 93 heavy (non-hydrogen) atoms. The monoisotopic (exact) mass is 1300 g/mol. The first kappa shape index (κ1) is 80.8. The fourth-order valence-corrected chi connectivity index (χ4v) is 15.3. The van der Waals surface area contributed by atoms with E-state index < -0.39 is 29.6 Å². The fourth-order valence-electron chi connectivity index (χ4n) is 15.3. The first-order valence-electron chi connectivity index (χ1n) is 38.1. The molecule has 0 heterocycles. The Morgan fingerprint density at radius 1 is 0.505 bits per heavy atom. The van der Waals surface area contributed by atoms with Crippen LogP contribution in [0.25, 0.3) is 0 Å². The summed E-state index contributed by atoms with van der Waals surface area (Å²) in [7, 11) is 0. The van der Waals surface area contributed by atoms with Crippen molar-refractivity contribution in [1.82, 2.24) is 0 Å². The molecule has 0 spiro atoms. The summed E-state index contributed by atoms with van der Waals surface area (Å²) >= 11 is 0. The summed E-state index contributed by atoms with van der Waals surface area (Å²) in [5.74, 6) is -2.11. The Morgan fingerprint density at radius 3 is 1.46 bits per heavy atom. The lowest BCUT2D eigenvalue weighted by Gasteiger charge is -2.58. The van der Waals surface area contributed by atoms with Crippen LogP contribution in [0.1, 0.15) is 330 Å². The Balaban J connectivity index is 1.09. The fraction of sp³-hybridized carbons (Fsp3) is 0.787. The Bertz CT molecular complexity index is 2290. The van der Waals surface area contributed by atoms with Crippen LogP contribution in [0.4, 0.5) is 0 Å².